The van der Waals surface area contributed by atoms with Crippen molar-refractivity contribution in [3.05, 3.63) is 23.9 Å². The van der Waals surface area contributed by atoms with Crippen LogP contribution in [0.2, 0.25) is 0 Å². The van der Waals surface area contributed by atoms with Gasteiger partial charge in [0.25, 0.3) is 0 Å². The highest BCUT2D eigenvalue weighted by molar-refractivity contribution is 5.69. The van der Waals surface area contributed by atoms with Gasteiger partial charge in [0.05, 0.1) is 13.2 Å². The molecule has 0 spiro atoms. The summed E-state index contributed by atoms with van der Waals surface area (Å²) in [7, 11) is 0. The predicted octanol–water partition coefficient (Wildman–Crippen LogP) is 2.11. The number of pyridine rings is 1. The lowest BCUT2D eigenvalue weighted by Gasteiger charge is -2.05. The number of carbonyl (C=O) groups is 1. The van der Waals surface area contributed by atoms with E-state index in [1.54, 1.807) is 13.1 Å². The second-order valence-electron chi connectivity index (χ2n) is 3.43. The smallest absolute Gasteiger partial charge is 0.305 e. The third-order valence-electron chi connectivity index (χ3n) is 1.96. The zero-order valence-electron chi connectivity index (χ0n) is 9.73. The molecule has 4 heteroatoms. The van der Waals surface area contributed by atoms with E-state index < -0.39 is 0 Å². The second kappa shape index (κ2) is 6.82. The molecule has 0 atom stereocenters. The fraction of sp³-hybridized carbons (Fsp3) is 0.500. The number of aryl methyl sites for hydroxylation is 1. The molecule has 1 aromatic heterocycles. The molecule has 1 rings (SSSR count). The van der Waals surface area contributed by atoms with Crippen LogP contribution in [0.1, 0.15) is 25.3 Å². The highest BCUT2D eigenvalue weighted by Crippen LogP contribution is 2.07. The molecule has 0 N–H and O–H groups in total. The van der Waals surface area contributed by atoms with Gasteiger partial charge in [-0.2, -0.15) is 0 Å². The van der Waals surface area contributed by atoms with Crippen LogP contribution in [0.4, 0.5) is 0 Å². The van der Waals surface area contributed by atoms with Crippen LogP contribution in [0.25, 0.3) is 0 Å². The maximum atomic E-state index is 11.0. The molecule has 0 aliphatic heterocycles. The summed E-state index contributed by atoms with van der Waals surface area (Å²) in [5.74, 6) is 0.414. The predicted molar refractivity (Wildman–Crippen MR) is 60.3 cm³/mol. The Labute approximate surface area is 95.6 Å². The van der Waals surface area contributed by atoms with Crippen LogP contribution in [0.15, 0.2) is 18.3 Å². The lowest BCUT2D eigenvalue weighted by Crippen LogP contribution is -2.07. The highest BCUT2D eigenvalue weighted by Gasteiger charge is 2.01. The van der Waals surface area contributed by atoms with Crippen molar-refractivity contribution in [1.82, 2.24) is 4.98 Å². The van der Waals surface area contributed by atoms with E-state index in [9.17, 15) is 4.79 Å². The van der Waals surface area contributed by atoms with Crippen LogP contribution in [-0.2, 0) is 9.53 Å². The Bertz CT molecular complexity index is 322. The molecule has 0 saturated heterocycles. The summed E-state index contributed by atoms with van der Waals surface area (Å²) in [6, 6.07) is 3.76. The minimum absolute atomic E-state index is 0.178. The number of aromatic nitrogens is 1. The van der Waals surface area contributed by atoms with Crippen molar-refractivity contribution in [3.63, 3.8) is 0 Å². The Kier molecular flexibility index (Phi) is 5.32. The molecule has 0 aliphatic carbocycles. The maximum absolute atomic E-state index is 11.0. The van der Waals surface area contributed by atoms with Gasteiger partial charge in [-0.25, -0.2) is 4.98 Å². The van der Waals surface area contributed by atoms with Gasteiger partial charge in [0.15, 0.2) is 0 Å². The summed E-state index contributed by atoms with van der Waals surface area (Å²) in [5.41, 5.74) is 1.10. The average molecular weight is 223 g/mol. The summed E-state index contributed by atoms with van der Waals surface area (Å²) < 4.78 is 10.2. The van der Waals surface area contributed by atoms with E-state index in [-0.39, 0.29) is 5.97 Å². The van der Waals surface area contributed by atoms with Gasteiger partial charge in [-0.15, -0.1) is 0 Å². The molecule has 1 heterocycles. The van der Waals surface area contributed by atoms with E-state index in [1.807, 2.05) is 19.1 Å². The SMILES string of the molecule is CCOC(=O)CCCOc1ccc(C)cn1. The molecule has 0 aliphatic rings. The topological polar surface area (TPSA) is 48.4 Å². The Balaban J connectivity index is 2.16. The average Bonchev–Trinajstić information content (AvgIpc) is 2.27. The number of nitrogens with zero attached hydrogens (tertiary/aromatic N) is 1. The normalized spacial score (nSPS) is 9.88. The summed E-state index contributed by atoms with van der Waals surface area (Å²) in [6.07, 6.45) is 2.79. The van der Waals surface area contributed by atoms with Crippen LogP contribution < -0.4 is 4.74 Å². The zero-order valence-corrected chi connectivity index (χ0v) is 9.73. The second-order valence-corrected chi connectivity index (χ2v) is 3.43. The maximum Gasteiger partial charge on any atom is 0.305 e. The van der Waals surface area contributed by atoms with Crippen molar-refractivity contribution in [1.29, 1.82) is 0 Å². The monoisotopic (exact) mass is 223 g/mol. The van der Waals surface area contributed by atoms with Gasteiger partial charge in [0.2, 0.25) is 5.88 Å². The van der Waals surface area contributed by atoms with Crippen molar-refractivity contribution in [2.75, 3.05) is 13.2 Å². The number of hydrogen-bond donors (Lipinski definition) is 0. The zero-order chi connectivity index (χ0) is 11.8. The largest absolute Gasteiger partial charge is 0.478 e. The fourth-order valence-electron chi connectivity index (χ4n) is 1.17. The minimum Gasteiger partial charge on any atom is -0.478 e. The summed E-state index contributed by atoms with van der Waals surface area (Å²) in [6.45, 7) is 4.68. The Hall–Kier alpha value is -1.58. The van der Waals surface area contributed by atoms with E-state index in [1.165, 1.54) is 0 Å². The number of carbonyl (C=O) groups excluding carboxylic acids is 1. The highest BCUT2D eigenvalue weighted by atomic mass is 16.5. The third kappa shape index (κ3) is 4.77. The Morgan fingerprint density at radius 3 is 2.88 bits per heavy atom. The molecule has 0 radical (unpaired) electrons. The molecule has 0 unspecified atom stereocenters. The lowest BCUT2D eigenvalue weighted by molar-refractivity contribution is -0.143. The van der Waals surface area contributed by atoms with E-state index >= 15 is 0 Å². The number of hydrogen-bond acceptors (Lipinski definition) is 4. The van der Waals surface area contributed by atoms with E-state index in [0.717, 1.165) is 5.56 Å². The number of esters is 1. The summed E-state index contributed by atoms with van der Waals surface area (Å²) in [5, 5.41) is 0. The van der Waals surface area contributed by atoms with Crippen molar-refractivity contribution in [2.24, 2.45) is 0 Å². The first kappa shape index (κ1) is 12.5. The van der Waals surface area contributed by atoms with Gasteiger partial charge in [-0.05, 0) is 25.8 Å². The minimum atomic E-state index is -0.178. The van der Waals surface area contributed by atoms with Crippen molar-refractivity contribution in [3.8, 4) is 5.88 Å². The van der Waals surface area contributed by atoms with Gasteiger partial charge >= 0.3 is 5.97 Å². The first-order chi connectivity index (χ1) is 7.72. The fourth-order valence-corrected chi connectivity index (χ4v) is 1.17. The molecule has 0 amide bonds. The van der Waals surface area contributed by atoms with Gasteiger partial charge in [-0.1, -0.05) is 6.07 Å². The Morgan fingerprint density at radius 2 is 2.25 bits per heavy atom. The molecule has 0 bridgehead atoms. The van der Waals surface area contributed by atoms with Gasteiger partial charge in [-0.3, -0.25) is 4.79 Å². The standard InChI is InChI=1S/C12H17NO3/c1-3-15-12(14)5-4-8-16-11-7-6-10(2)9-13-11/h6-7,9H,3-5,8H2,1-2H3. The number of rotatable bonds is 6. The Morgan fingerprint density at radius 1 is 1.44 bits per heavy atom. The van der Waals surface area contributed by atoms with Gasteiger partial charge in [0.1, 0.15) is 0 Å². The first-order valence-corrected chi connectivity index (χ1v) is 5.43. The molecule has 4 nitrogen and oxygen atoms in total. The molecular formula is C12H17NO3. The quantitative estimate of drug-likeness (QED) is 0.547. The molecule has 16 heavy (non-hydrogen) atoms. The molecule has 88 valence electrons. The molecule has 0 saturated carbocycles. The van der Waals surface area contributed by atoms with E-state index in [4.69, 9.17) is 9.47 Å². The molecule has 0 aromatic carbocycles. The molecule has 1 aromatic rings. The summed E-state index contributed by atoms with van der Waals surface area (Å²) in [4.78, 5) is 15.1. The van der Waals surface area contributed by atoms with E-state index in [2.05, 4.69) is 4.98 Å². The van der Waals surface area contributed by atoms with Crippen LogP contribution in [0.5, 0.6) is 5.88 Å². The van der Waals surface area contributed by atoms with Crippen molar-refractivity contribution < 1.29 is 14.3 Å². The van der Waals surface area contributed by atoms with Crippen LogP contribution >= 0.6 is 0 Å². The molecular weight excluding hydrogens is 206 g/mol. The van der Waals surface area contributed by atoms with Crippen molar-refractivity contribution >= 4 is 5.97 Å². The van der Waals surface area contributed by atoms with E-state index in [0.29, 0.717) is 31.9 Å². The number of ether oxygens (including phenoxy) is 2. The van der Waals surface area contributed by atoms with Crippen LogP contribution in [0.3, 0.4) is 0 Å². The lowest BCUT2D eigenvalue weighted by atomic mass is 10.3. The van der Waals surface area contributed by atoms with Gasteiger partial charge < -0.3 is 9.47 Å². The molecule has 0 fully saturated rings. The van der Waals surface area contributed by atoms with Crippen LogP contribution in [0, 0.1) is 6.92 Å². The third-order valence-corrected chi connectivity index (χ3v) is 1.96. The van der Waals surface area contributed by atoms with Crippen LogP contribution in [-0.4, -0.2) is 24.2 Å². The summed E-state index contributed by atoms with van der Waals surface area (Å²) >= 11 is 0. The van der Waals surface area contributed by atoms with Crippen molar-refractivity contribution in [2.45, 2.75) is 26.7 Å². The van der Waals surface area contributed by atoms with Gasteiger partial charge in [0, 0.05) is 18.7 Å². The first-order valence-electron chi connectivity index (χ1n) is 5.43.